The van der Waals surface area contributed by atoms with E-state index >= 15 is 0 Å². The van der Waals surface area contributed by atoms with Crippen molar-refractivity contribution in [2.75, 3.05) is 0 Å². The molecule has 1 atom stereocenters. The van der Waals surface area contributed by atoms with Crippen molar-refractivity contribution in [2.24, 2.45) is 11.7 Å². The second kappa shape index (κ2) is 4.79. The molecule has 1 aromatic carbocycles. The Balaban J connectivity index is 2.10. The average Bonchev–Trinajstić information content (AvgIpc) is 2.30. The van der Waals surface area contributed by atoms with E-state index in [0.717, 1.165) is 12.8 Å². The van der Waals surface area contributed by atoms with Crippen LogP contribution in [0.3, 0.4) is 0 Å². The summed E-state index contributed by atoms with van der Waals surface area (Å²) < 4.78 is 0. The third kappa shape index (κ3) is 2.33. The molecule has 16 heavy (non-hydrogen) atoms. The summed E-state index contributed by atoms with van der Waals surface area (Å²) >= 11 is 0. The Hall–Kier alpha value is -1.15. The van der Waals surface area contributed by atoms with Crippen LogP contribution in [0.4, 0.5) is 0 Å². The van der Waals surface area contributed by atoms with Gasteiger partial charge in [-0.05, 0) is 36.8 Å². The fourth-order valence-corrected chi connectivity index (χ4v) is 2.54. The molecular weight excluding hydrogens is 198 g/mol. The van der Waals surface area contributed by atoms with Gasteiger partial charge in [0.2, 0.25) is 0 Å². The van der Waals surface area contributed by atoms with Gasteiger partial charge in [-0.3, -0.25) is 4.79 Å². The topological polar surface area (TPSA) is 43.1 Å². The Labute approximate surface area is 96.8 Å². The van der Waals surface area contributed by atoms with E-state index in [1.165, 1.54) is 11.1 Å². The number of hydrogen-bond donors (Lipinski definition) is 1. The van der Waals surface area contributed by atoms with Crippen LogP contribution in [-0.4, -0.2) is 5.78 Å². The van der Waals surface area contributed by atoms with Crippen molar-refractivity contribution >= 4 is 5.78 Å². The Morgan fingerprint density at radius 1 is 1.25 bits per heavy atom. The van der Waals surface area contributed by atoms with Crippen LogP contribution in [0.5, 0.6) is 0 Å². The van der Waals surface area contributed by atoms with Gasteiger partial charge in [-0.2, -0.15) is 0 Å². The van der Waals surface area contributed by atoms with Gasteiger partial charge >= 0.3 is 0 Å². The van der Waals surface area contributed by atoms with Gasteiger partial charge in [0.15, 0.2) is 0 Å². The van der Waals surface area contributed by atoms with Crippen LogP contribution in [0, 0.1) is 12.8 Å². The SMILES string of the molecule is Cc1ccccc1C(N)C1CCC(=O)CC1. The van der Waals surface area contributed by atoms with E-state index in [1.807, 2.05) is 12.1 Å². The van der Waals surface area contributed by atoms with Crippen molar-refractivity contribution in [3.8, 4) is 0 Å². The summed E-state index contributed by atoms with van der Waals surface area (Å²) in [5.41, 5.74) is 8.80. The molecule has 0 heterocycles. The highest BCUT2D eigenvalue weighted by Crippen LogP contribution is 2.32. The maximum Gasteiger partial charge on any atom is 0.132 e. The fraction of sp³-hybridized carbons (Fsp3) is 0.500. The largest absolute Gasteiger partial charge is 0.324 e. The first-order valence-corrected chi connectivity index (χ1v) is 6.01. The van der Waals surface area contributed by atoms with Gasteiger partial charge < -0.3 is 5.73 Å². The van der Waals surface area contributed by atoms with Crippen molar-refractivity contribution in [1.29, 1.82) is 0 Å². The van der Waals surface area contributed by atoms with Gasteiger partial charge in [0.25, 0.3) is 0 Å². The zero-order valence-electron chi connectivity index (χ0n) is 9.78. The molecule has 0 amide bonds. The highest BCUT2D eigenvalue weighted by Gasteiger charge is 2.25. The fourth-order valence-electron chi connectivity index (χ4n) is 2.54. The summed E-state index contributed by atoms with van der Waals surface area (Å²) in [6.45, 7) is 2.10. The minimum Gasteiger partial charge on any atom is -0.324 e. The van der Waals surface area contributed by atoms with Crippen molar-refractivity contribution in [3.05, 3.63) is 35.4 Å². The highest BCUT2D eigenvalue weighted by molar-refractivity contribution is 5.79. The van der Waals surface area contributed by atoms with Crippen LogP contribution in [0.15, 0.2) is 24.3 Å². The van der Waals surface area contributed by atoms with Gasteiger partial charge in [-0.15, -0.1) is 0 Å². The Bertz CT molecular complexity index is 376. The molecule has 2 rings (SSSR count). The van der Waals surface area contributed by atoms with E-state index < -0.39 is 0 Å². The quantitative estimate of drug-likeness (QED) is 0.827. The summed E-state index contributed by atoms with van der Waals surface area (Å²) in [5, 5.41) is 0. The van der Waals surface area contributed by atoms with E-state index in [0.29, 0.717) is 24.5 Å². The van der Waals surface area contributed by atoms with Crippen molar-refractivity contribution in [1.82, 2.24) is 0 Å². The lowest BCUT2D eigenvalue weighted by Gasteiger charge is -2.28. The number of carbonyl (C=O) groups is 1. The first kappa shape index (κ1) is 11.3. The lowest BCUT2D eigenvalue weighted by molar-refractivity contribution is -0.121. The van der Waals surface area contributed by atoms with E-state index in [1.54, 1.807) is 0 Å². The number of benzene rings is 1. The molecule has 1 aliphatic rings. The first-order valence-electron chi connectivity index (χ1n) is 6.01. The number of rotatable bonds is 2. The van der Waals surface area contributed by atoms with Crippen LogP contribution in [0.1, 0.15) is 42.9 Å². The van der Waals surface area contributed by atoms with E-state index in [-0.39, 0.29) is 6.04 Å². The van der Waals surface area contributed by atoms with Gasteiger partial charge in [-0.1, -0.05) is 24.3 Å². The molecule has 2 heteroatoms. The molecule has 86 valence electrons. The lowest BCUT2D eigenvalue weighted by atomic mass is 9.80. The monoisotopic (exact) mass is 217 g/mol. The number of aryl methyl sites for hydroxylation is 1. The summed E-state index contributed by atoms with van der Waals surface area (Å²) in [6.07, 6.45) is 3.33. The van der Waals surface area contributed by atoms with Gasteiger partial charge in [0, 0.05) is 18.9 Å². The summed E-state index contributed by atoms with van der Waals surface area (Å²) in [7, 11) is 0. The van der Waals surface area contributed by atoms with Crippen molar-refractivity contribution < 1.29 is 4.79 Å². The molecule has 1 aliphatic carbocycles. The second-order valence-corrected chi connectivity index (χ2v) is 4.76. The molecule has 0 saturated heterocycles. The Kier molecular flexibility index (Phi) is 3.39. The molecule has 0 spiro atoms. The molecule has 1 aromatic rings. The highest BCUT2D eigenvalue weighted by atomic mass is 16.1. The third-order valence-corrected chi connectivity index (χ3v) is 3.64. The van der Waals surface area contributed by atoms with Crippen LogP contribution in [-0.2, 0) is 4.79 Å². The summed E-state index contributed by atoms with van der Waals surface area (Å²) in [4.78, 5) is 11.2. The van der Waals surface area contributed by atoms with Crippen LogP contribution < -0.4 is 5.73 Å². The molecular formula is C14H19NO. The smallest absolute Gasteiger partial charge is 0.132 e. The van der Waals surface area contributed by atoms with Crippen LogP contribution in [0.25, 0.3) is 0 Å². The maximum absolute atomic E-state index is 11.2. The number of nitrogens with two attached hydrogens (primary N) is 1. The first-order chi connectivity index (χ1) is 7.68. The predicted molar refractivity (Wildman–Crippen MR) is 65.1 cm³/mol. The van der Waals surface area contributed by atoms with Crippen LogP contribution >= 0.6 is 0 Å². The molecule has 0 bridgehead atoms. The maximum atomic E-state index is 11.2. The molecule has 0 radical (unpaired) electrons. The van der Waals surface area contributed by atoms with Crippen LogP contribution in [0.2, 0.25) is 0 Å². The summed E-state index contributed by atoms with van der Waals surface area (Å²) in [5.74, 6) is 0.868. The molecule has 1 unspecified atom stereocenters. The van der Waals surface area contributed by atoms with Gasteiger partial charge in [0.05, 0.1) is 0 Å². The molecule has 1 saturated carbocycles. The molecule has 0 aliphatic heterocycles. The van der Waals surface area contributed by atoms with E-state index in [4.69, 9.17) is 5.73 Å². The van der Waals surface area contributed by atoms with E-state index in [2.05, 4.69) is 19.1 Å². The Morgan fingerprint density at radius 3 is 2.50 bits per heavy atom. The normalized spacial score (nSPS) is 19.8. The van der Waals surface area contributed by atoms with Gasteiger partial charge in [-0.25, -0.2) is 0 Å². The molecule has 2 nitrogen and oxygen atoms in total. The average molecular weight is 217 g/mol. The Morgan fingerprint density at radius 2 is 1.88 bits per heavy atom. The minimum atomic E-state index is 0.0919. The second-order valence-electron chi connectivity index (χ2n) is 4.76. The predicted octanol–water partition coefficient (Wildman–Crippen LogP) is 2.75. The van der Waals surface area contributed by atoms with Crippen molar-refractivity contribution in [3.63, 3.8) is 0 Å². The zero-order valence-corrected chi connectivity index (χ0v) is 9.78. The van der Waals surface area contributed by atoms with Gasteiger partial charge in [0.1, 0.15) is 5.78 Å². The standard InChI is InChI=1S/C14H19NO/c1-10-4-2-3-5-13(10)14(15)11-6-8-12(16)9-7-11/h2-5,11,14H,6-9,15H2,1H3. The molecule has 0 aromatic heterocycles. The number of ketones is 1. The van der Waals surface area contributed by atoms with Crippen molar-refractivity contribution in [2.45, 2.75) is 38.6 Å². The number of hydrogen-bond acceptors (Lipinski definition) is 2. The minimum absolute atomic E-state index is 0.0919. The summed E-state index contributed by atoms with van der Waals surface area (Å²) in [6, 6.07) is 8.38. The number of Topliss-reactive ketones (excluding diaryl/α,β-unsaturated/α-hetero) is 1. The molecule has 2 N–H and O–H groups in total. The molecule has 1 fully saturated rings. The van der Waals surface area contributed by atoms with E-state index in [9.17, 15) is 4.79 Å². The zero-order chi connectivity index (χ0) is 11.5. The number of carbonyl (C=O) groups excluding carboxylic acids is 1. The lowest BCUT2D eigenvalue weighted by Crippen LogP contribution is -2.26. The third-order valence-electron chi connectivity index (χ3n) is 3.64.